The molecule has 0 saturated heterocycles. The van der Waals surface area contributed by atoms with Gasteiger partial charge in [0.25, 0.3) is 11.2 Å². The van der Waals surface area contributed by atoms with E-state index >= 15 is 0 Å². The highest BCUT2D eigenvalue weighted by Gasteiger charge is 2.10. The van der Waals surface area contributed by atoms with Crippen LogP contribution in [0.5, 0.6) is 5.75 Å². The molecule has 0 atom stereocenters. The highest BCUT2D eigenvalue weighted by molar-refractivity contribution is 5.42. The molecule has 6 heteroatoms. The summed E-state index contributed by atoms with van der Waals surface area (Å²) in [6.07, 6.45) is 1.67. The maximum absolute atomic E-state index is 11.8. The number of aryl methyl sites for hydroxylation is 1. The Morgan fingerprint density at radius 2 is 2.05 bits per heavy atom. The molecule has 0 N–H and O–H groups in total. The van der Waals surface area contributed by atoms with Gasteiger partial charge in [-0.15, -0.1) is 0 Å². The standard InChI is InChI=1S/C14H14N2O4/c1-10-3-4-15(14(17)5-10)9-11-6-12(16(18)19)8-13(7-11)20-2/h3-8H,9H2,1-2H3. The van der Waals surface area contributed by atoms with E-state index < -0.39 is 4.92 Å². The van der Waals surface area contributed by atoms with Gasteiger partial charge < -0.3 is 9.30 Å². The quantitative estimate of drug-likeness (QED) is 0.632. The van der Waals surface area contributed by atoms with E-state index in [0.717, 1.165) is 5.56 Å². The number of methoxy groups -OCH3 is 1. The Bertz CT molecular complexity index is 707. The Hall–Kier alpha value is -2.63. The third-order valence-corrected chi connectivity index (χ3v) is 2.90. The number of ether oxygens (including phenoxy) is 1. The van der Waals surface area contributed by atoms with Crippen molar-refractivity contribution in [3.8, 4) is 5.75 Å². The van der Waals surface area contributed by atoms with Crippen LogP contribution in [0, 0.1) is 17.0 Å². The van der Waals surface area contributed by atoms with Gasteiger partial charge in [0, 0.05) is 18.3 Å². The van der Waals surface area contributed by atoms with Crippen LogP contribution in [-0.4, -0.2) is 16.6 Å². The van der Waals surface area contributed by atoms with Gasteiger partial charge >= 0.3 is 0 Å². The van der Waals surface area contributed by atoms with Crippen LogP contribution >= 0.6 is 0 Å². The number of nitro benzene ring substituents is 1. The summed E-state index contributed by atoms with van der Waals surface area (Å²) in [5.41, 5.74) is 1.32. The van der Waals surface area contributed by atoms with Crippen molar-refractivity contribution >= 4 is 5.69 Å². The zero-order valence-electron chi connectivity index (χ0n) is 11.2. The van der Waals surface area contributed by atoms with Crippen molar-refractivity contribution < 1.29 is 9.66 Å². The predicted octanol–water partition coefficient (Wildman–Crippen LogP) is 2.12. The second kappa shape index (κ2) is 5.56. The fraction of sp³-hybridized carbons (Fsp3) is 0.214. The molecule has 104 valence electrons. The fourth-order valence-corrected chi connectivity index (χ4v) is 1.89. The van der Waals surface area contributed by atoms with Gasteiger partial charge in [-0.1, -0.05) is 0 Å². The molecule has 1 heterocycles. The summed E-state index contributed by atoms with van der Waals surface area (Å²) in [5, 5.41) is 10.9. The first kappa shape index (κ1) is 13.8. The third-order valence-electron chi connectivity index (χ3n) is 2.90. The number of rotatable bonds is 4. The first-order valence-corrected chi connectivity index (χ1v) is 5.99. The minimum Gasteiger partial charge on any atom is -0.496 e. The lowest BCUT2D eigenvalue weighted by Crippen LogP contribution is -2.19. The summed E-state index contributed by atoms with van der Waals surface area (Å²) in [6, 6.07) is 7.81. The number of hydrogen-bond donors (Lipinski definition) is 0. The number of nitrogens with zero attached hydrogens (tertiary/aromatic N) is 2. The van der Waals surface area contributed by atoms with Gasteiger partial charge in [-0.3, -0.25) is 14.9 Å². The van der Waals surface area contributed by atoms with Crippen LogP contribution in [0.1, 0.15) is 11.1 Å². The molecule has 2 rings (SSSR count). The van der Waals surface area contributed by atoms with Crippen LogP contribution in [-0.2, 0) is 6.54 Å². The van der Waals surface area contributed by atoms with Crippen molar-refractivity contribution in [2.75, 3.05) is 7.11 Å². The number of benzene rings is 1. The minimum absolute atomic E-state index is 0.0560. The highest BCUT2D eigenvalue weighted by atomic mass is 16.6. The smallest absolute Gasteiger partial charge is 0.273 e. The fourth-order valence-electron chi connectivity index (χ4n) is 1.89. The van der Waals surface area contributed by atoms with Gasteiger partial charge in [0.2, 0.25) is 0 Å². The summed E-state index contributed by atoms with van der Waals surface area (Å²) in [6.45, 7) is 2.10. The van der Waals surface area contributed by atoms with E-state index in [-0.39, 0.29) is 17.8 Å². The number of pyridine rings is 1. The van der Waals surface area contributed by atoms with E-state index in [1.807, 2.05) is 13.0 Å². The highest BCUT2D eigenvalue weighted by Crippen LogP contribution is 2.22. The average molecular weight is 274 g/mol. The number of aromatic nitrogens is 1. The van der Waals surface area contributed by atoms with Crippen molar-refractivity contribution in [2.24, 2.45) is 0 Å². The molecule has 0 radical (unpaired) electrons. The maximum atomic E-state index is 11.8. The van der Waals surface area contributed by atoms with Gasteiger partial charge in [0.1, 0.15) is 5.75 Å². The largest absolute Gasteiger partial charge is 0.496 e. The molecule has 0 saturated carbocycles. The summed E-state index contributed by atoms with van der Waals surface area (Å²) < 4.78 is 6.53. The van der Waals surface area contributed by atoms with Crippen molar-refractivity contribution in [3.05, 3.63) is 68.1 Å². The molecule has 0 bridgehead atoms. The second-order valence-corrected chi connectivity index (χ2v) is 4.47. The molecular formula is C14H14N2O4. The van der Waals surface area contributed by atoms with Crippen molar-refractivity contribution in [3.63, 3.8) is 0 Å². The predicted molar refractivity (Wildman–Crippen MR) is 74.2 cm³/mol. The zero-order chi connectivity index (χ0) is 14.7. The molecule has 0 unspecified atom stereocenters. The first-order chi connectivity index (χ1) is 9.49. The monoisotopic (exact) mass is 274 g/mol. The Balaban J connectivity index is 2.40. The lowest BCUT2D eigenvalue weighted by atomic mass is 10.2. The minimum atomic E-state index is -0.482. The molecule has 20 heavy (non-hydrogen) atoms. The van der Waals surface area contributed by atoms with Gasteiger partial charge in [-0.25, -0.2) is 0 Å². The van der Waals surface area contributed by atoms with Crippen LogP contribution in [0.25, 0.3) is 0 Å². The van der Waals surface area contributed by atoms with Crippen LogP contribution in [0.15, 0.2) is 41.3 Å². The van der Waals surface area contributed by atoms with Crippen molar-refractivity contribution in [2.45, 2.75) is 13.5 Å². The molecule has 0 fully saturated rings. The van der Waals surface area contributed by atoms with Crippen LogP contribution in [0.2, 0.25) is 0 Å². The van der Waals surface area contributed by atoms with E-state index in [9.17, 15) is 14.9 Å². The summed E-state index contributed by atoms with van der Waals surface area (Å²) >= 11 is 0. The molecule has 0 amide bonds. The average Bonchev–Trinajstić information content (AvgIpc) is 2.41. The summed E-state index contributed by atoms with van der Waals surface area (Å²) in [4.78, 5) is 22.2. The number of hydrogen-bond acceptors (Lipinski definition) is 4. The molecule has 1 aromatic heterocycles. The molecular weight excluding hydrogens is 260 g/mol. The number of nitro groups is 1. The van der Waals surface area contributed by atoms with Gasteiger partial charge in [0.15, 0.2) is 0 Å². The Morgan fingerprint density at radius 3 is 2.65 bits per heavy atom. The third kappa shape index (κ3) is 3.03. The molecule has 0 spiro atoms. The SMILES string of the molecule is COc1cc(Cn2ccc(C)cc2=O)cc([N+](=O)[O-])c1. The topological polar surface area (TPSA) is 74.4 Å². The van der Waals surface area contributed by atoms with Crippen molar-refractivity contribution in [1.82, 2.24) is 4.57 Å². The molecule has 0 aliphatic carbocycles. The van der Waals surface area contributed by atoms with E-state index in [1.165, 1.54) is 29.9 Å². The number of non-ortho nitro benzene ring substituents is 1. The Kier molecular flexibility index (Phi) is 3.84. The van der Waals surface area contributed by atoms with E-state index in [2.05, 4.69) is 0 Å². The van der Waals surface area contributed by atoms with E-state index in [4.69, 9.17) is 4.74 Å². The van der Waals surface area contributed by atoms with E-state index in [1.54, 1.807) is 12.3 Å². The molecule has 0 aliphatic rings. The lowest BCUT2D eigenvalue weighted by molar-refractivity contribution is -0.385. The lowest BCUT2D eigenvalue weighted by Gasteiger charge is -2.08. The molecule has 2 aromatic rings. The van der Waals surface area contributed by atoms with Crippen LogP contribution in [0.3, 0.4) is 0 Å². The second-order valence-electron chi connectivity index (χ2n) is 4.47. The first-order valence-electron chi connectivity index (χ1n) is 5.99. The van der Waals surface area contributed by atoms with Gasteiger partial charge in [-0.05, 0) is 30.2 Å². The Morgan fingerprint density at radius 1 is 1.30 bits per heavy atom. The summed E-state index contributed by atoms with van der Waals surface area (Å²) in [5.74, 6) is 0.398. The van der Waals surface area contributed by atoms with Crippen molar-refractivity contribution in [1.29, 1.82) is 0 Å². The normalized spacial score (nSPS) is 10.3. The van der Waals surface area contributed by atoms with Crippen LogP contribution in [0.4, 0.5) is 5.69 Å². The van der Waals surface area contributed by atoms with Crippen LogP contribution < -0.4 is 10.3 Å². The Labute approximate surface area is 115 Å². The molecule has 6 nitrogen and oxygen atoms in total. The van der Waals surface area contributed by atoms with Gasteiger partial charge in [0.05, 0.1) is 24.6 Å². The molecule has 1 aromatic carbocycles. The van der Waals surface area contributed by atoms with E-state index in [0.29, 0.717) is 11.3 Å². The summed E-state index contributed by atoms with van der Waals surface area (Å²) in [7, 11) is 1.45. The molecule has 0 aliphatic heterocycles. The zero-order valence-corrected chi connectivity index (χ0v) is 11.2. The van der Waals surface area contributed by atoms with Gasteiger partial charge in [-0.2, -0.15) is 0 Å². The maximum Gasteiger partial charge on any atom is 0.273 e.